The molecule has 0 aliphatic heterocycles. The number of hydrogen-bond donors (Lipinski definition) is 1. The predicted molar refractivity (Wildman–Crippen MR) is 154 cm³/mol. The van der Waals surface area contributed by atoms with Gasteiger partial charge in [0.2, 0.25) is 0 Å². The number of amides is 1. The monoisotopic (exact) mass is 638 g/mol. The van der Waals surface area contributed by atoms with Gasteiger partial charge in [0.25, 0.3) is 11.5 Å². The molecule has 4 aromatic carbocycles. The fourth-order valence-electron chi connectivity index (χ4n) is 3.98. The highest BCUT2D eigenvalue weighted by atomic mass is 79.9. The quantitative estimate of drug-likeness (QED) is 0.155. The fourth-order valence-corrected chi connectivity index (χ4v) is 4.49. The molecule has 7 nitrogen and oxygen atoms in total. The normalized spacial score (nSPS) is 11.6. The third-order valence-corrected chi connectivity index (χ3v) is 6.61. The number of hydrogen-bond acceptors (Lipinski definition) is 5. The number of ether oxygens (including phenoxy) is 1. The van der Waals surface area contributed by atoms with Crippen LogP contribution in [0.25, 0.3) is 22.3 Å². The molecule has 5 rings (SSSR count). The molecule has 0 unspecified atom stereocenters. The summed E-state index contributed by atoms with van der Waals surface area (Å²) in [6.07, 6.45) is -3.25. The van der Waals surface area contributed by atoms with Crippen LogP contribution in [0.4, 0.5) is 23.2 Å². The molecular formula is C30H19BrF4N4O3. The van der Waals surface area contributed by atoms with Gasteiger partial charge >= 0.3 is 6.18 Å². The Morgan fingerprint density at radius 3 is 2.52 bits per heavy atom. The lowest BCUT2D eigenvalue weighted by Gasteiger charge is -2.12. The Labute approximate surface area is 244 Å². The molecule has 12 heteroatoms. The molecule has 0 radical (unpaired) electrons. The van der Waals surface area contributed by atoms with Gasteiger partial charge in [-0.1, -0.05) is 36.4 Å². The molecule has 0 aliphatic carbocycles. The van der Waals surface area contributed by atoms with Crippen molar-refractivity contribution in [2.75, 3.05) is 11.9 Å². The minimum absolute atomic E-state index is 0.0275. The molecule has 1 heterocycles. The van der Waals surface area contributed by atoms with E-state index in [-0.39, 0.29) is 22.5 Å². The van der Waals surface area contributed by atoms with Crippen LogP contribution in [-0.4, -0.2) is 28.4 Å². The lowest BCUT2D eigenvalue weighted by atomic mass is 10.1. The molecule has 0 fully saturated rings. The van der Waals surface area contributed by atoms with E-state index in [1.54, 1.807) is 48.5 Å². The third kappa shape index (κ3) is 6.39. The summed E-state index contributed by atoms with van der Waals surface area (Å²) in [5.41, 5.74) is -0.558. The van der Waals surface area contributed by atoms with E-state index in [2.05, 4.69) is 31.3 Å². The largest absolute Gasteiger partial charge is 0.483 e. The fraction of sp³-hybridized carbons (Fsp3) is 0.0667. The van der Waals surface area contributed by atoms with Crippen LogP contribution in [0.3, 0.4) is 0 Å². The van der Waals surface area contributed by atoms with Crippen molar-refractivity contribution in [2.45, 2.75) is 6.18 Å². The van der Waals surface area contributed by atoms with E-state index >= 15 is 0 Å². The molecule has 0 aliphatic rings. The van der Waals surface area contributed by atoms with E-state index < -0.39 is 35.6 Å². The van der Waals surface area contributed by atoms with Crippen molar-refractivity contribution in [2.24, 2.45) is 5.10 Å². The van der Waals surface area contributed by atoms with Crippen LogP contribution in [0, 0.1) is 5.82 Å². The second-order valence-corrected chi connectivity index (χ2v) is 9.75. The number of fused-ring (bicyclic) bond motifs is 1. The Bertz CT molecular complexity index is 1890. The molecule has 42 heavy (non-hydrogen) atoms. The number of benzene rings is 4. The first-order valence-electron chi connectivity index (χ1n) is 12.3. The zero-order valence-corrected chi connectivity index (χ0v) is 23.0. The van der Waals surface area contributed by atoms with Crippen molar-refractivity contribution in [1.29, 1.82) is 0 Å². The number of alkyl halides is 3. The zero-order chi connectivity index (χ0) is 29.9. The molecule has 0 bridgehead atoms. The van der Waals surface area contributed by atoms with Crippen LogP contribution in [0.5, 0.6) is 5.75 Å². The van der Waals surface area contributed by atoms with Gasteiger partial charge in [0.15, 0.2) is 12.4 Å². The first kappa shape index (κ1) is 28.7. The van der Waals surface area contributed by atoms with Crippen LogP contribution in [0.1, 0.15) is 11.1 Å². The summed E-state index contributed by atoms with van der Waals surface area (Å²) < 4.78 is 60.9. The highest BCUT2D eigenvalue weighted by Gasteiger charge is 2.31. The van der Waals surface area contributed by atoms with Crippen LogP contribution < -0.4 is 15.6 Å². The summed E-state index contributed by atoms with van der Waals surface area (Å²) in [6, 6.07) is 21.5. The van der Waals surface area contributed by atoms with E-state index in [1.807, 2.05) is 0 Å². The average molecular weight is 639 g/mol. The number of halogens is 5. The van der Waals surface area contributed by atoms with Crippen LogP contribution in [0.2, 0.25) is 0 Å². The van der Waals surface area contributed by atoms with Gasteiger partial charge in [0.05, 0.1) is 32.8 Å². The lowest BCUT2D eigenvalue weighted by Crippen LogP contribution is -2.21. The number of para-hydroxylation sites is 2. The Balaban J connectivity index is 1.41. The minimum atomic E-state index is -4.59. The number of aromatic nitrogens is 2. The Hall–Kier alpha value is -4.84. The van der Waals surface area contributed by atoms with Gasteiger partial charge in [-0.25, -0.2) is 9.37 Å². The van der Waals surface area contributed by atoms with Gasteiger partial charge in [-0.3, -0.25) is 9.59 Å². The molecule has 1 aromatic heterocycles. The summed E-state index contributed by atoms with van der Waals surface area (Å²) in [5.74, 6) is -0.901. The lowest BCUT2D eigenvalue weighted by molar-refractivity contribution is -0.137. The van der Waals surface area contributed by atoms with E-state index in [0.29, 0.717) is 21.3 Å². The summed E-state index contributed by atoms with van der Waals surface area (Å²) in [5, 5.41) is 6.93. The highest BCUT2D eigenvalue weighted by molar-refractivity contribution is 9.10. The first-order valence-corrected chi connectivity index (χ1v) is 13.1. The van der Waals surface area contributed by atoms with Crippen molar-refractivity contribution >= 4 is 44.6 Å². The number of rotatable bonds is 7. The SMILES string of the molecule is O=C(COc1ccc(C=Nn2c(-c3cccc(C(F)(F)F)c3)nc3ccccc3c2=O)cc1Br)Nc1ccccc1F. The second-order valence-electron chi connectivity index (χ2n) is 8.90. The van der Waals surface area contributed by atoms with Crippen LogP contribution >= 0.6 is 15.9 Å². The summed E-state index contributed by atoms with van der Waals surface area (Å²) in [6.45, 7) is -0.390. The number of nitrogens with one attached hydrogen (secondary N) is 1. The Morgan fingerprint density at radius 1 is 1.00 bits per heavy atom. The standard InChI is InChI=1S/C30H19BrF4N4O3/c31-22-14-18(12-13-26(22)42-17-27(40)37-25-11-4-2-9-23(25)32)16-36-39-28(19-6-5-7-20(15-19)30(33,34)35)38-24-10-3-1-8-21(24)29(39)41/h1-16H,17H2,(H,37,40). The van der Waals surface area contributed by atoms with E-state index in [1.165, 1.54) is 36.5 Å². The Kier molecular flexibility index (Phi) is 8.16. The van der Waals surface area contributed by atoms with E-state index in [0.717, 1.165) is 16.8 Å². The molecule has 0 saturated carbocycles. The molecule has 1 N–H and O–H groups in total. The number of nitrogens with zero attached hydrogens (tertiary/aromatic N) is 3. The number of carbonyl (C=O) groups excluding carboxylic acids is 1. The molecule has 0 spiro atoms. The summed E-state index contributed by atoms with van der Waals surface area (Å²) >= 11 is 3.36. The molecule has 0 saturated heterocycles. The van der Waals surface area contributed by atoms with Crippen molar-refractivity contribution in [3.05, 3.63) is 123 Å². The summed E-state index contributed by atoms with van der Waals surface area (Å²) in [4.78, 5) is 30.0. The Morgan fingerprint density at radius 2 is 1.76 bits per heavy atom. The van der Waals surface area contributed by atoms with Gasteiger partial charge in [-0.2, -0.15) is 22.9 Å². The average Bonchev–Trinajstić information content (AvgIpc) is 2.97. The maximum absolute atomic E-state index is 13.8. The highest BCUT2D eigenvalue weighted by Crippen LogP contribution is 2.32. The molecule has 1 amide bonds. The minimum Gasteiger partial charge on any atom is -0.483 e. The second kappa shape index (κ2) is 12.0. The molecule has 0 atom stereocenters. The van der Waals surface area contributed by atoms with Crippen molar-refractivity contribution < 1.29 is 27.1 Å². The van der Waals surface area contributed by atoms with E-state index in [9.17, 15) is 27.2 Å². The zero-order valence-electron chi connectivity index (χ0n) is 21.4. The van der Waals surface area contributed by atoms with Crippen LogP contribution in [-0.2, 0) is 11.0 Å². The predicted octanol–water partition coefficient (Wildman–Crippen LogP) is 6.88. The van der Waals surface area contributed by atoms with Crippen molar-refractivity contribution in [3.63, 3.8) is 0 Å². The molecule has 5 aromatic rings. The third-order valence-electron chi connectivity index (χ3n) is 5.99. The van der Waals surface area contributed by atoms with Crippen LogP contribution in [0.15, 0.2) is 105 Å². The maximum atomic E-state index is 13.8. The van der Waals surface area contributed by atoms with Crippen molar-refractivity contribution in [3.8, 4) is 17.1 Å². The first-order chi connectivity index (χ1) is 20.1. The molecule has 212 valence electrons. The smallest absolute Gasteiger partial charge is 0.416 e. The topological polar surface area (TPSA) is 85.6 Å². The van der Waals surface area contributed by atoms with Gasteiger partial charge in [-0.05, 0) is 76.1 Å². The van der Waals surface area contributed by atoms with Gasteiger partial charge in [0.1, 0.15) is 11.6 Å². The van der Waals surface area contributed by atoms with E-state index in [4.69, 9.17) is 4.74 Å². The van der Waals surface area contributed by atoms with Crippen molar-refractivity contribution in [1.82, 2.24) is 9.66 Å². The molecular weight excluding hydrogens is 620 g/mol. The maximum Gasteiger partial charge on any atom is 0.416 e. The summed E-state index contributed by atoms with van der Waals surface area (Å²) in [7, 11) is 0. The number of anilines is 1. The van der Waals surface area contributed by atoms with Gasteiger partial charge < -0.3 is 10.1 Å². The number of carbonyl (C=O) groups is 1. The van der Waals surface area contributed by atoms with Gasteiger partial charge in [0, 0.05) is 5.56 Å². The van der Waals surface area contributed by atoms with Gasteiger partial charge in [-0.15, -0.1) is 0 Å².